The fourth-order valence-electron chi connectivity index (χ4n) is 3.64. The summed E-state index contributed by atoms with van der Waals surface area (Å²) in [6.07, 6.45) is 4.35. The Kier molecular flexibility index (Phi) is 4.72. The van der Waals surface area contributed by atoms with E-state index in [1.807, 2.05) is 12.1 Å². The lowest BCUT2D eigenvalue weighted by Crippen LogP contribution is -2.34. The summed E-state index contributed by atoms with van der Waals surface area (Å²) in [6.45, 7) is 3.88. The first-order valence-corrected chi connectivity index (χ1v) is 9.34. The third kappa shape index (κ3) is 3.35. The monoisotopic (exact) mass is 359 g/mol. The van der Waals surface area contributed by atoms with Crippen LogP contribution in [0.25, 0.3) is 0 Å². The van der Waals surface area contributed by atoms with Crippen molar-refractivity contribution in [2.24, 2.45) is 0 Å². The maximum absolute atomic E-state index is 12.6. The minimum absolute atomic E-state index is 0.0909. The molecule has 0 spiro atoms. The van der Waals surface area contributed by atoms with Crippen LogP contribution in [0.5, 0.6) is 11.5 Å². The quantitative estimate of drug-likeness (QED) is 0.698. The van der Waals surface area contributed by atoms with Crippen LogP contribution >= 0.6 is 0 Å². The van der Waals surface area contributed by atoms with Crippen molar-refractivity contribution in [3.63, 3.8) is 0 Å². The summed E-state index contributed by atoms with van der Waals surface area (Å²) >= 11 is 0. The van der Waals surface area contributed by atoms with Crippen molar-refractivity contribution in [3.8, 4) is 11.5 Å². The van der Waals surface area contributed by atoms with Crippen molar-refractivity contribution in [3.05, 3.63) is 18.2 Å². The van der Waals surface area contributed by atoms with E-state index < -0.39 is 0 Å². The van der Waals surface area contributed by atoms with Gasteiger partial charge in [-0.05, 0) is 50.9 Å². The zero-order valence-corrected chi connectivity index (χ0v) is 15.1. The Morgan fingerprint density at radius 3 is 2.58 bits per heavy atom. The molecule has 0 unspecified atom stereocenters. The fourth-order valence-corrected chi connectivity index (χ4v) is 3.64. The summed E-state index contributed by atoms with van der Waals surface area (Å²) in [5.74, 6) is 1.11. The summed E-state index contributed by atoms with van der Waals surface area (Å²) in [5.41, 5.74) is 0.662. The number of ether oxygens (including phenoxy) is 2. The van der Waals surface area contributed by atoms with Crippen molar-refractivity contribution in [2.45, 2.75) is 31.7 Å². The first kappa shape index (κ1) is 17.1. The van der Waals surface area contributed by atoms with Crippen molar-refractivity contribution < 1.29 is 19.1 Å². The van der Waals surface area contributed by atoms with E-state index in [2.05, 4.69) is 4.90 Å². The Morgan fingerprint density at radius 2 is 1.88 bits per heavy atom. The maximum atomic E-state index is 12.6. The Balaban J connectivity index is 1.43. The Morgan fingerprint density at radius 1 is 1.12 bits per heavy atom. The van der Waals surface area contributed by atoms with E-state index in [1.54, 1.807) is 13.2 Å². The number of nitrogens with zero attached hydrogens (tertiary/aromatic N) is 3. The van der Waals surface area contributed by atoms with Crippen molar-refractivity contribution >= 4 is 17.6 Å². The van der Waals surface area contributed by atoms with Crippen LogP contribution in [0.15, 0.2) is 18.2 Å². The average Bonchev–Trinajstić information content (AvgIpc) is 3.24. The van der Waals surface area contributed by atoms with Crippen LogP contribution in [0.1, 0.15) is 25.7 Å². The lowest BCUT2D eigenvalue weighted by atomic mass is 10.2. The molecule has 0 radical (unpaired) electrons. The highest BCUT2D eigenvalue weighted by molar-refractivity contribution is 6.12. The molecule has 3 aliphatic rings. The average molecular weight is 359 g/mol. The maximum Gasteiger partial charge on any atom is 0.331 e. The molecule has 2 saturated heterocycles. The smallest absolute Gasteiger partial charge is 0.331 e. The summed E-state index contributed by atoms with van der Waals surface area (Å²) in [7, 11) is 1.58. The van der Waals surface area contributed by atoms with Crippen molar-refractivity contribution in [1.82, 2.24) is 9.80 Å². The molecule has 3 fully saturated rings. The molecule has 1 aromatic carbocycles. The van der Waals surface area contributed by atoms with Gasteiger partial charge in [0, 0.05) is 24.3 Å². The number of carbonyl (C=O) groups excluding carboxylic acids is 2. The molecule has 0 aromatic heterocycles. The third-order valence-electron chi connectivity index (χ3n) is 5.23. The van der Waals surface area contributed by atoms with Gasteiger partial charge in [0.25, 0.3) is 5.91 Å². The summed E-state index contributed by atoms with van der Waals surface area (Å²) in [5, 5.41) is 0. The highest BCUT2D eigenvalue weighted by atomic mass is 16.5. The number of amides is 3. The lowest BCUT2D eigenvalue weighted by molar-refractivity contribution is -0.125. The molecule has 0 atom stereocenters. The van der Waals surface area contributed by atoms with Gasteiger partial charge in [-0.1, -0.05) is 0 Å². The van der Waals surface area contributed by atoms with Gasteiger partial charge < -0.3 is 9.47 Å². The Hall–Kier alpha value is -2.28. The zero-order valence-electron chi connectivity index (χ0n) is 15.1. The van der Waals surface area contributed by atoms with Crippen LogP contribution in [0.3, 0.4) is 0 Å². The number of imide groups is 1. The minimum atomic E-state index is -0.234. The molecule has 140 valence electrons. The predicted octanol–water partition coefficient (Wildman–Crippen LogP) is 2.10. The number of hydrogen-bond donors (Lipinski definition) is 0. The van der Waals surface area contributed by atoms with Crippen molar-refractivity contribution in [2.75, 3.05) is 44.8 Å². The van der Waals surface area contributed by atoms with Gasteiger partial charge in [0.05, 0.1) is 7.11 Å². The van der Waals surface area contributed by atoms with E-state index in [-0.39, 0.29) is 24.5 Å². The summed E-state index contributed by atoms with van der Waals surface area (Å²) in [4.78, 5) is 30.0. The Labute approximate surface area is 153 Å². The first-order chi connectivity index (χ1) is 12.7. The SMILES string of the molecule is COc1cc(N2CC(=O)N(C3CC3)C2=O)ccc1OCCN1CCCC1. The van der Waals surface area contributed by atoms with E-state index in [4.69, 9.17) is 9.47 Å². The van der Waals surface area contributed by atoms with Gasteiger partial charge in [-0.2, -0.15) is 0 Å². The molecule has 7 heteroatoms. The van der Waals surface area contributed by atoms with Gasteiger partial charge >= 0.3 is 6.03 Å². The molecule has 7 nitrogen and oxygen atoms in total. The predicted molar refractivity (Wildman–Crippen MR) is 96.8 cm³/mol. The third-order valence-corrected chi connectivity index (χ3v) is 5.23. The largest absolute Gasteiger partial charge is 0.493 e. The van der Waals surface area contributed by atoms with Gasteiger partial charge in [0.1, 0.15) is 13.2 Å². The fraction of sp³-hybridized carbons (Fsp3) is 0.579. The van der Waals surface area contributed by atoms with Crippen LogP contribution in [0.4, 0.5) is 10.5 Å². The molecule has 2 aliphatic heterocycles. The molecule has 0 bridgehead atoms. The first-order valence-electron chi connectivity index (χ1n) is 9.34. The lowest BCUT2D eigenvalue weighted by Gasteiger charge is -2.19. The molecule has 4 rings (SSSR count). The molecule has 2 heterocycles. The molecule has 0 N–H and O–H groups in total. The van der Waals surface area contributed by atoms with E-state index in [1.165, 1.54) is 22.6 Å². The topological polar surface area (TPSA) is 62.3 Å². The van der Waals surface area contributed by atoms with Crippen LogP contribution < -0.4 is 14.4 Å². The zero-order chi connectivity index (χ0) is 18.1. The number of carbonyl (C=O) groups is 2. The van der Waals surface area contributed by atoms with Crippen LogP contribution in [-0.2, 0) is 4.79 Å². The number of methoxy groups -OCH3 is 1. The molecule has 3 amide bonds. The van der Waals surface area contributed by atoms with Gasteiger partial charge in [0.2, 0.25) is 0 Å². The number of rotatable bonds is 7. The molecule has 26 heavy (non-hydrogen) atoms. The Bertz CT molecular complexity index is 698. The van der Waals surface area contributed by atoms with E-state index in [0.717, 1.165) is 32.5 Å². The number of anilines is 1. The van der Waals surface area contributed by atoms with Gasteiger partial charge in [0.15, 0.2) is 11.5 Å². The van der Waals surface area contributed by atoms with Gasteiger partial charge in [-0.15, -0.1) is 0 Å². The second-order valence-electron chi connectivity index (χ2n) is 7.10. The number of likely N-dealkylation sites (tertiary alicyclic amines) is 1. The molecule has 1 aliphatic carbocycles. The number of hydrogen-bond acceptors (Lipinski definition) is 5. The van der Waals surface area contributed by atoms with Gasteiger partial charge in [-0.3, -0.25) is 19.5 Å². The van der Waals surface area contributed by atoms with Crippen LogP contribution in [0, 0.1) is 0 Å². The normalized spacial score (nSPS) is 21.0. The second kappa shape index (κ2) is 7.15. The molecular weight excluding hydrogens is 334 g/mol. The highest BCUT2D eigenvalue weighted by Crippen LogP contribution is 2.36. The molecule has 1 aromatic rings. The van der Waals surface area contributed by atoms with Crippen LogP contribution in [-0.4, -0.2) is 67.7 Å². The summed E-state index contributed by atoms with van der Waals surface area (Å²) < 4.78 is 11.3. The minimum Gasteiger partial charge on any atom is -0.493 e. The standard InChI is InChI=1S/C19H25N3O4/c1-25-17-12-15(21-13-18(23)22(19(21)24)14-4-5-14)6-7-16(17)26-11-10-20-8-2-3-9-20/h6-7,12,14H,2-5,8-11,13H2,1H3. The molecular formula is C19H25N3O4. The second-order valence-corrected chi connectivity index (χ2v) is 7.10. The van der Waals surface area contributed by atoms with E-state index in [0.29, 0.717) is 23.8 Å². The van der Waals surface area contributed by atoms with Gasteiger partial charge in [-0.25, -0.2) is 4.79 Å². The van der Waals surface area contributed by atoms with Crippen molar-refractivity contribution in [1.29, 1.82) is 0 Å². The summed E-state index contributed by atoms with van der Waals surface area (Å²) in [6, 6.07) is 5.26. The van der Waals surface area contributed by atoms with E-state index in [9.17, 15) is 9.59 Å². The number of urea groups is 1. The van der Waals surface area contributed by atoms with E-state index >= 15 is 0 Å². The molecule has 1 saturated carbocycles. The van der Waals surface area contributed by atoms with Crippen LogP contribution in [0.2, 0.25) is 0 Å². The number of benzene rings is 1. The highest BCUT2D eigenvalue weighted by Gasteiger charge is 2.45.